The van der Waals surface area contributed by atoms with Crippen molar-refractivity contribution < 1.29 is 18.7 Å². The molecule has 0 unspecified atom stereocenters. The van der Waals surface area contributed by atoms with Gasteiger partial charge in [-0.1, -0.05) is 142 Å². The lowest BCUT2D eigenvalue weighted by Crippen LogP contribution is -2.68. The Morgan fingerprint density at radius 2 is 1.30 bits per heavy atom. The van der Waals surface area contributed by atoms with E-state index >= 15 is 0 Å². The van der Waals surface area contributed by atoms with E-state index in [9.17, 15) is 14.4 Å². The van der Waals surface area contributed by atoms with Gasteiger partial charge >= 0.3 is 5.69 Å². The van der Waals surface area contributed by atoms with Crippen LogP contribution < -0.4 is 21.6 Å². The molecule has 2 bridgehead atoms. The summed E-state index contributed by atoms with van der Waals surface area (Å²) in [6.45, 7) is 7.05. The quantitative estimate of drug-likeness (QED) is 0.180. The monoisotopic (exact) mass is 686 g/mol. The van der Waals surface area contributed by atoms with Gasteiger partial charge in [0.15, 0.2) is 6.23 Å². The molecule has 2 fully saturated rings. The van der Waals surface area contributed by atoms with E-state index in [0.717, 1.165) is 21.5 Å². The van der Waals surface area contributed by atoms with Crippen LogP contribution in [-0.2, 0) is 31.8 Å². The zero-order valence-corrected chi connectivity index (χ0v) is 29.6. The number of Topliss-reactive ketones (excluding diaryl/α,β-unsaturated/α-hetero) is 1. The van der Waals surface area contributed by atoms with Crippen molar-refractivity contribution in [1.29, 1.82) is 0 Å². The second-order valence-corrected chi connectivity index (χ2v) is 18.6. The normalized spacial score (nSPS) is 21.8. The fourth-order valence-corrected chi connectivity index (χ4v) is 12.4. The predicted molar refractivity (Wildman–Crippen MR) is 195 cm³/mol. The number of fused-ring (bicyclic) bond motifs is 2. The molecule has 2 heterocycles. The van der Waals surface area contributed by atoms with Crippen LogP contribution in [0.4, 0.5) is 0 Å². The van der Waals surface area contributed by atoms with Gasteiger partial charge in [-0.15, -0.1) is 0 Å². The number of carbonyl (C=O) groups is 1. The molecular formula is C41H42N2O6Si. The summed E-state index contributed by atoms with van der Waals surface area (Å²) in [5, 5.41) is 1.91. The summed E-state index contributed by atoms with van der Waals surface area (Å²) in [5.41, 5.74) is -0.371. The third kappa shape index (κ3) is 6.04. The van der Waals surface area contributed by atoms with E-state index in [4.69, 9.17) is 13.9 Å². The number of carbonyl (C=O) groups excluding carboxylic acids is 1. The SMILES string of the molecule is CC(C)(C)[Si](OC[C@]12CC(=O)[C@H]([C@H](n3ccc(=O)n(Cc4ccccc4)c3=O)O1)[C@H]2OCc1ccccc1)(c1ccccc1)c1ccccc1. The molecule has 7 rings (SSSR count). The molecule has 1 saturated carbocycles. The molecule has 0 spiro atoms. The van der Waals surface area contributed by atoms with Gasteiger partial charge in [-0.05, 0) is 26.5 Å². The van der Waals surface area contributed by atoms with Crippen molar-refractivity contribution >= 4 is 24.5 Å². The van der Waals surface area contributed by atoms with Crippen LogP contribution in [0.25, 0.3) is 0 Å². The minimum absolute atomic E-state index is 0.0573. The van der Waals surface area contributed by atoms with Gasteiger partial charge < -0.3 is 13.9 Å². The lowest BCUT2D eigenvalue weighted by Gasteiger charge is -2.45. The molecule has 256 valence electrons. The Bertz CT molecular complexity index is 2020. The Morgan fingerprint density at radius 3 is 1.86 bits per heavy atom. The van der Waals surface area contributed by atoms with E-state index in [1.165, 1.54) is 21.4 Å². The van der Waals surface area contributed by atoms with E-state index in [-0.39, 0.29) is 37.0 Å². The molecule has 1 aromatic heterocycles. The Labute approximate surface area is 293 Å². The van der Waals surface area contributed by atoms with Gasteiger partial charge in [-0.2, -0.15) is 0 Å². The van der Waals surface area contributed by atoms with Crippen LogP contribution in [0.3, 0.4) is 0 Å². The van der Waals surface area contributed by atoms with Crippen molar-refractivity contribution in [2.75, 3.05) is 6.61 Å². The third-order valence-electron chi connectivity index (χ3n) is 10.1. The van der Waals surface area contributed by atoms with Gasteiger partial charge in [0, 0.05) is 18.7 Å². The molecule has 9 heteroatoms. The van der Waals surface area contributed by atoms with Crippen molar-refractivity contribution in [2.24, 2.45) is 5.92 Å². The maximum atomic E-state index is 14.1. The Morgan fingerprint density at radius 1 is 0.760 bits per heavy atom. The molecule has 4 aromatic carbocycles. The molecule has 0 amide bonds. The Kier molecular flexibility index (Phi) is 9.17. The van der Waals surface area contributed by atoms with Crippen molar-refractivity contribution in [3.63, 3.8) is 0 Å². The number of hydrogen-bond donors (Lipinski definition) is 0. The lowest BCUT2D eigenvalue weighted by molar-refractivity contribution is -0.158. The molecule has 2 aliphatic rings. The Balaban J connectivity index is 1.30. The molecule has 1 aliphatic heterocycles. The number of ether oxygens (including phenoxy) is 2. The topological polar surface area (TPSA) is 88.8 Å². The number of ketones is 1. The molecular weight excluding hydrogens is 645 g/mol. The van der Waals surface area contributed by atoms with Gasteiger partial charge in [-0.25, -0.2) is 4.79 Å². The summed E-state index contributed by atoms with van der Waals surface area (Å²) in [5.74, 6) is -0.833. The second-order valence-electron chi connectivity index (χ2n) is 14.3. The zero-order valence-electron chi connectivity index (χ0n) is 28.6. The fraction of sp³-hybridized carbons (Fsp3) is 0.293. The van der Waals surface area contributed by atoms with E-state index in [1.54, 1.807) is 0 Å². The molecule has 8 nitrogen and oxygen atoms in total. The maximum absolute atomic E-state index is 14.1. The largest absolute Gasteiger partial charge is 0.404 e. The lowest BCUT2D eigenvalue weighted by atomic mass is 10.00. The number of hydrogen-bond acceptors (Lipinski definition) is 6. The van der Waals surface area contributed by atoms with E-state index < -0.39 is 43.4 Å². The van der Waals surface area contributed by atoms with Crippen molar-refractivity contribution in [3.05, 3.63) is 166 Å². The van der Waals surface area contributed by atoms with Crippen LogP contribution in [0.15, 0.2) is 143 Å². The average Bonchev–Trinajstić information content (AvgIpc) is 3.58. The first kappa shape index (κ1) is 33.8. The summed E-state index contributed by atoms with van der Waals surface area (Å²) in [7, 11) is -3.03. The molecule has 1 saturated heterocycles. The molecule has 5 aromatic rings. The van der Waals surface area contributed by atoms with Crippen LogP contribution in [0.1, 0.15) is 44.5 Å². The van der Waals surface area contributed by atoms with Crippen LogP contribution in [0, 0.1) is 5.92 Å². The summed E-state index contributed by atoms with van der Waals surface area (Å²) < 4.78 is 23.5. The smallest absolute Gasteiger partial charge is 0.333 e. The summed E-state index contributed by atoms with van der Waals surface area (Å²) in [6, 6.07) is 41.2. The van der Waals surface area contributed by atoms with E-state index in [2.05, 4.69) is 45.0 Å². The molecule has 1 aliphatic carbocycles. The second kappa shape index (κ2) is 13.6. The first-order valence-electron chi connectivity index (χ1n) is 17.1. The van der Waals surface area contributed by atoms with Gasteiger partial charge in [-0.3, -0.25) is 18.7 Å². The minimum atomic E-state index is -3.03. The van der Waals surface area contributed by atoms with Gasteiger partial charge in [0.25, 0.3) is 13.9 Å². The van der Waals surface area contributed by atoms with Gasteiger partial charge in [0.05, 0.1) is 25.7 Å². The Hall–Kier alpha value is -4.67. The van der Waals surface area contributed by atoms with Crippen LogP contribution in [0.5, 0.6) is 0 Å². The van der Waals surface area contributed by atoms with Gasteiger partial charge in [0.1, 0.15) is 17.5 Å². The first-order chi connectivity index (χ1) is 24.1. The average molecular weight is 687 g/mol. The first-order valence-corrected chi connectivity index (χ1v) is 19.0. The highest BCUT2D eigenvalue weighted by Gasteiger charge is 2.67. The summed E-state index contributed by atoms with van der Waals surface area (Å²) >= 11 is 0. The maximum Gasteiger partial charge on any atom is 0.333 e. The number of nitrogens with zero attached hydrogens (tertiary/aromatic N) is 2. The number of benzene rings is 4. The van der Waals surface area contributed by atoms with Crippen molar-refractivity contribution in [1.82, 2.24) is 9.13 Å². The molecule has 50 heavy (non-hydrogen) atoms. The number of rotatable bonds is 11. The predicted octanol–water partition coefficient (Wildman–Crippen LogP) is 5.08. The number of aromatic nitrogens is 2. The van der Waals surface area contributed by atoms with E-state index in [1.807, 2.05) is 97.1 Å². The van der Waals surface area contributed by atoms with Crippen LogP contribution in [-0.4, -0.2) is 41.5 Å². The van der Waals surface area contributed by atoms with Crippen molar-refractivity contribution in [3.8, 4) is 0 Å². The zero-order chi connectivity index (χ0) is 34.9. The van der Waals surface area contributed by atoms with Crippen molar-refractivity contribution in [2.45, 2.75) is 63.3 Å². The highest BCUT2D eigenvalue weighted by Crippen LogP contribution is 2.53. The highest BCUT2D eigenvalue weighted by atomic mass is 28.4. The van der Waals surface area contributed by atoms with Crippen LogP contribution in [0.2, 0.25) is 5.04 Å². The summed E-state index contributed by atoms with van der Waals surface area (Å²) in [4.78, 5) is 41.1. The molecule has 4 atom stereocenters. The highest BCUT2D eigenvalue weighted by molar-refractivity contribution is 6.99. The fourth-order valence-electron chi connectivity index (χ4n) is 7.78. The standard InChI is InChI=1S/C41H42N2O6Si/c1-40(2,3)50(32-20-12-6-13-21-32,33-22-14-7-15-23-33)48-29-41-26-34(44)36(37(41)47-28-31-18-10-5-11-19-31)38(49-41)42-25-24-35(45)43(39(42)46)27-30-16-8-4-9-17-30/h4-25,36-38H,26-29H2,1-3H3/t36-,37+,38+,41-/m0/s1. The minimum Gasteiger partial charge on any atom is -0.404 e. The van der Waals surface area contributed by atoms with Gasteiger partial charge in [0.2, 0.25) is 0 Å². The third-order valence-corrected chi connectivity index (χ3v) is 15.1. The molecule has 0 N–H and O–H groups in total. The van der Waals surface area contributed by atoms with Crippen LogP contribution >= 0.6 is 0 Å². The summed E-state index contributed by atoms with van der Waals surface area (Å²) in [6.07, 6.45) is -0.144. The van der Waals surface area contributed by atoms with E-state index in [0.29, 0.717) is 0 Å². The molecule has 0 radical (unpaired) electrons.